The Hall–Kier alpha value is -0.860. The Balaban J connectivity index is 1.94. The summed E-state index contributed by atoms with van der Waals surface area (Å²) in [5.41, 5.74) is 1.32. The molecule has 1 aliphatic rings. The highest BCUT2D eigenvalue weighted by atomic mass is 16.5. The van der Waals surface area contributed by atoms with E-state index in [2.05, 4.69) is 56.4 Å². The topological polar surface area (TPSA) is 21.3 Å². The zero-order valence-electron chi connectivity index (χ0n) is 13.9. The van der Waals surface area contributed by atoms with Gasteiger partial charge in [0.1, 0.15) is 0 Å². The lowest BCUT2D eigenvalue weighted by Crippen LogP contribution is -2.46. The van der Waals surface area contributed by atoms with Crippen molar-refractivity contribution in [2.45, 2.75) is 58.7 Å². The maximum Gasteiger partial charge on any atom is 0.0811 e. The average molecular weight is 289 g/mol. The molecular weight excluding hydrogens is 258 g/mol. The van der Waals surface area contributed by atoms with Gasteiger partial charge in [0.05, 0.1) is 12.2 Å². The summed E-state index contributed by atoms with van der Waals surface area (Å²) in [5, 5.41) is 3.51. The van der Waals surface area contributed by atoms with Crippen LogP contribution < -0.4 is 5.32 Å². The van der Waals surface area contributed by atoms with Crippen LogP contribution in [0.5, 0.6) is 0 Å². The van der Waals surface area contributed by atoms with Crippen LogP contribution in [0.4, 0.5) is 0 Å². The maximum absolute atomic E-state index is 6.42. The van der Waals surface area contributed by atoms with Crippen molar-refractivity contribution in [2.24, 2.45) is 11.8 Å². The van der Waals surface area contributed by atoms with E-state index in [1.54, 1.807) is 0 Å². The quantitative estimate of drug-likeness (QED) is 0.803. The van der Waals surface area contributed by atoms with Crippen LogP contribution in [0.25, 0.3) is 0 Å². The van der Waals surface area contributed by atoms with E-state index in [1.165, 1.54) is 31.2 Å². The van der Waals surface area contributed by atoms with E-state index in [0.29, 0.717) is 0 Å². The molecule has 0 bridgehead atoms. The van der Waals surface area contributed by atoms with Crippen molar-refractivity contribution >= 4 is 0 Å². The van der Waals surface area contributed by atoms with E-state index in [9.17, 15) is 0 Å². The number of ether oxygens (including phenoxy) is 1. The lowest BCUT2D eigenvalue weighted by atomic mass is 9.74. The fourth-order valence-corrected chi connectivity index (χ4v) is 3.37. The van der Waals surface area contributed by atoms with Gasteiger partial charge in [-0.15, -0.1) is 0 Å². The van der Waals surface area contributed by atoms with E-state index in [4.69, 9.17) is 4.74 Å². The molecule has 0 heterocycles. The molecule has 1 N–H and O–H groups in total. The van der Waals surface area contributed by atoms with Crippen LogP contribution in [0, 0.1) is 11.8 Å². The van der Waals surface area contributed by atoms with E-state index >= 15 is 0 Å². The highest BCUT2D eigenvalue weighted by molar-refractivity contribution is 5.13. The molecule has 1 aliphatic carbocycles. The molecule has 0 radical (unpaired) electrons. The molecule has 0 unspecified atom stereocenters. The van der Waals surface area contributed by atoms with Gasteiger partial charge in [0.15, 0.2) is 0 Å². The van der Waals surface area contributed by atoms with Gasteiger partial charge in [-0.25, -0.2) is 0 Å². The first-order valence-corrected chi connectivity index (χ1v) is 8.54. The van der Waals surface area contributed by atoms with Gasteiger partial charge in [-0.2, -0.15) is 0 Å². The molecule has 0 aliphatic heterocycles. The monoisotopic (exact) mass is 289 g/mol. The molecule has 2 heteroatoms. The molecule has 21 heavy (non-hydrogen) atoms. The predicted molar refractivity (Wildman–Crippen MR) is 89.3 cm³/mol. The van der Waals surface area contributed by atoms with Crippen molar-refractivity contribution in [2.75, 3.05) is 13.1 Å². The molecule has 2 rings (SSSR count). The SMILES string of the molecule is CCNCC1(OCc2ccccc2)CCC(C(C)C)CC1. The summed E-state index contributed by atoms with van der Waals surface area (Å²) < 4.78 is 6.42. The molecule has 1 aromatic rings. The van der Waals surface area contributed by atoms with Gasteiger partial charge in [-0.3, -0.25) is 0 Å². The Kier molecular flexibility index (Phi) is 6.25. The third kappa shape index (κ3) is 4.82. The second-order valence-electron chi connectivity index (χ2n) is 6.82. The molecule has 1 fully saturated rings. The predicted octanol–water partition coefficient (Wildman–Crippen LogP) is 4.40. The van der Waals surface area contributed by atoms with Crippen molar-refractivity contribution < 1.29 is 4.74 Å². The van der Waals surface area contributed by atoms with E-state index in [0.717, 1.165) is 31.5 Å². The lowest BCUT2D eigenvalue weighted by molar-refractivity contribution is -0.0887. The van der Waals surface area contributed by atoms with Crippen LogP contribution in [0.3, 0.4) is 0 Å². The van der Waals surface area contributed by atoms with Gasteiger partial charge in [-0.1, -0.05) is 51.1 Å². The summed E-state index contributed by atoms with van der Waals surface area (Å²) in [6.45, 7) is 9.62. The van der Waals surface area contributed by atoms with Crippen LogP contribution >= 0.6 is 0 Å². The highest BCUT2D eigenvalue weighted by Crippen LogP contribution is 2.38. The van der Waals surface area contributed by atoms with Gasteiger partial charge in [-0.05, 0) is 49.6 Å². The van der Waals surface area contributed by atoms with Crippen molar-refractivity contribution in [3.63, 3.8) is 0 Å². The standard InChI is InChI=1S/C19H31NO/c1-4-20-15-19(12-10-18(11-13-19)16(2)3)21-14-17-8-6-5-7-9-17/h5-9,16,18,20H,4,10-15H2,1-3H3. The van der Waals surface area contributed by atoms with Gasteiger partial charge in [0.25, 0.3) is 0 Å². The Bertz CT molecular complexity index is 393. The first kappa shape index (κ1) is 16.5. The molecule has 1 saturated carbocycles. The minimum Gasteiger partial charge on any atom is -0.369 e. The smallest absolute Gasteiger partial charge is 0.0811 e. The van der Waals surface area contributed by atoms with Crippen LogP contribution in [-0.2, 0) is 11.3 Å². The largest absolute Gasteiger partial charge is 0.369 e. The molecule has 0 spiro atoms. The molecule has 0 atom stereocenters. The molecule has 1 aromatic carbocycles. The van der Waals surface area contributed by atoms with Crippen molar-refractivity contribution in [3.8, 4) is 0 Å². The first-order valence-electron chi connectivity index (χ1n) is 8.54. The number of hydrogen-bond donors (Lipinski definition) is 1. The van der Waals surface area contributed by atoms with Crippen molar-refractivity contribution in [1.29, 1.82) is 0 Å². The molecule has 0 amide bonds. The second kappa shape index (κ2) is 7.95. The Morgan fingerprint density at radius 2 is 1.86 bits per heavy atom. The Morgan fingerprint density at radius 1 is 1.19 bits per heavy atom. The highest BCUT2D eigenvalue weighted by Gasteiger charge is 2.36. The summed E-state index contributed by atoms with van der Waals surface area (Å²) in [7, 11) is 0. The minimum atomic E-state index is 0.0389. The maximum atomic E-state index is 6.42. The minimum absolute atomic E-state index is 0.0389. The molecule has 118 valence electrons. The number of nitrogens with one attached hydrogen (secondary N) is 1. The third-order valence-corrected chi connectivity index (χ3v) is 4.97. The molecule has 0 aromatic heterocycles. The number of rotatable bonds is 7. The summed E-state index contributed by atoms with van der Waals surface area (Å²) in [4.78, 5) is 0. The summed E-state index contributed by atoms with van der Waals surface area (Å²) in [6, 6.07) is 10.5. The van der Waals surface area contributed by atoms with Crippen LogP contribution in [0.1, 0.15) is 52.0 Å². The zero-order chi connectivity index (χ0) is 15.1. The number of likely N-dealkylation sites (N-methyl/N-ethyl adjacent to an activating group) is 1. The van der Waals surface area contributed by atoms with E-state index in [-0.39, 0.29) is 5.60 Å². The summed E-state index contributed by atoms with van der Waals surface area (Å²) in [5.74, 6) is 1.68. The first-order chi connectivity index (χ1) is 10.2. The number of hydrogen-bond acceptors (Lipinski definition) is 2. The molecule has 0 saturated heterocycles. The Morgan fingerprint density at radius 3 is 2.43 bits per heavy atom. The zero-order valence-corrected chi connectivity index (χ0v) is 13.9. The van der Waals surface area contributed by atoms with E-state index in [1.807, 2.05) is 0 Å². The third-order valence-electron chi connectivity index (χ3n) is 4.97. The average Bonchev–Trinajstić information content (AvgIpc) is 2.52. The molecule has 2 nitrogen and oxygen atoms in total. The summed E-state index contributed by atoms with van der Waals surface area (Å²) >= 11 is 0. The van der Waals surface area contributed by atoms with Crippen LogP contribution in [-0.4, -0.2) is 18.7 Å². The van der Waals surface area contributed by atoms with Gasteiger partial charge < -0.3 is 10.1 Å². The second-order valence-corrected chi connectivity index (χ2v) is 6.82. The summed E-state index contributed by atoms with van der Waals surface area (Å²) in [6.07, 6.45) is 4.99. The van der Waals surface area contributed by atoms with Crippen LogP contribution in [0.2, 0.25) is 0 Å². The fourth-order valence-electron chi connectivity index (χ4n) is 3.37. The fraction of sp³-hybridized carbons (Fsp3) is 0.684. The normalized spacial score (nSPS) is 26.2. The Labute approximate surface area is 130 Å². The van der Waals surface area contributed by atoms with Gasteiger partial charge >= 0.3 is 0 Å². The number of benzene rings is 1. The van der Waals surface area contributed by atoms with Gasteiger partial charge in [0, 0.05) is 6.54 Å². The van der Waals surface area contributed by atoms with Crippen molar-refractivity contribution in [1.82, 2.24) is 5.32 Å². The van der Waals surface area contributed by atoms with E-state index < -0.39 is 0 Å². The lowest BCUT2D eigenvalue weighted by Gasteiger charge is -2.41. The molecular formula is C19H31NO. The van der Waals surface area contributed by atoms with Gasteiger partial charge in [0.2, 0.25) is 0 Å². The van der Waals surface area contributed by atoms with Crippen molar-refractivity contribution in [3.05, 3.63) is 35.9 Å². The van der Waals surface area contributed by atoms with Crippen LogP contribution in [0.15, 0.2) is 30.3 Å².